The van der Waals surface area contributed by atoms with Gasteiger partial charge in [0.15, 0.2) is 0 Å². The van der Waals surface area contributed by atoms with Crippen molar-refractivity contribution in [3.05, 3.63) is 0 Å². The number of nitrogens with one attached hydrogen (secondary N) is 1. The molecule has 1 aliphatic rings. The number of hydrogen-bond acceptors (Lipinski definition) is 4. The molecule has 122 valence electrons. The highest BCUT2D eigenvalue weighted by atomic mass is 32.2. The van der Waals surface area contributed by atoms with E-state index >= 15 is 0 Å². The van der Waals surface area contributed by atoms with Crippen molar-refractivity contribution in [2.45, 2.75) is 52.2 Å². The van der Waals surface area contributed by atoms with E-state index in [0.717, 1.165) is 18.6 Å². The minimum atomic E-state index is -0.501. The van der Waals surface area contributed by atoms with Crippen LogP contribution in [0.3, 0.4) is 0 Å². The van der Waals surface area contributed by atoms with E-state index in [0.29, 0.717) is 13.1 Å². The van der Waals surface area contributed by atoms with Gasteiger partial charge in [0.1, 0.15) is 5.60 Å². The summed E-state index contributed by atoms with van der Waals surface area (Å²) in [4.78, 5) is 26.0. The van der Waals surface area contributed by atoms with Crippen LogP contribution in [0.5, 0.6) is 0 Å². The molecule has 1 heterocycles. The first-order valence-electron chi connectivity index (χ1n) is 7.50. The Labute approximate surface area is 132 Å². The highest BCUT2D eigenvalue weighted by molar-refractivity contribution is 7.98. The molecule has 21 heavy (non-hydrogen) atoms. The molecule has 0 spiro atoms. The average molecular weight is 316 g/mol. The van der Waals surface area contributed by atoms with Gasteiger partial charge >= 0.3 is 6.09 Å². The second-order valence-corrected chi connectivity index (χ2v) is 7.54. The van der Waals surface area contributed by atoms with Gasteiger partial charge < -0.3 is 15.0 Å². The summed E-state index contributed by atoms with van der Waals surface area (Å²) in [7, 11) is 0. The maximum atomic E-state index is 12.2. The molecular weight excluding hydrogens is 288 g/mol. The number of likely N-dealkylation sites (tertiary alicyclic amines) is 1. The number of nitrogens with zero attached hydrogens (tertiary/aromatic N) is 1. The van der Waals surface area contributed by atoms with E-state index < -0.39 is 5.60 Å². The van der Waals surface area contributed by atoms with E-state index in [4.69, 9.17) is 4.74 Å². The molecule has 0 radical (unpaired) electrons. The van der Waals surface area contributed by atoms with Gasteiger partial charge in [0, 0.05) is 24.9 Å². The van der Waals surface area contributed by atoms with Crippen LogP contribution in [0, 0.1) is 5.92 Å². The quantitative estimate of drug-likeness (QED) is 0.866. The lowest BCUT2D eigenvalue weighted by Crippen LogP contribution is -2.48. The van der Waals surface area contributed by atoms with Gasteiger partial charge in [0.25, 0.3) is 0 Å². The molecule has 1 fully saturated rings. The van der Waals surface area contributed by atoms with Crippen LogP contribution in [-0.2, 0) is 9.53 Å². The Bertz CT molecular complexity index is 368. The van der Waals surface area contributed by atoms with E-state index in [9.17, 15) is 9.59 Å². The standard InChI is InChI=1S/C15H28N2O3S/c1-11(10-21-5)16-13(18)12-7-6-8-17(9-12)14(19)20-15(2,3)4/h11-12H,6-10H2,1-5H3,(H,16,18). The van der Waals surface area contributed by atoms with Gasteiger partial charge in [-0.3, -0.25) is 4.79 Å². The van der Waals surface area contributed by atoms with Gasteiger partial charge in [0.2, 0.25) is 5.91 Å². The molecule has 6 heteroatoms. The summed E-state index contributed by atoms with van der Waals surface area (Å²) in [5.74, 6) is 0.814. The lowest BCUT2D eigenvalue weighted by Gasteiger charge is -2.33. The first-order valence-corrected chi connectivity index (χ1v) is 8.89. The Morgan fingerprint density at radius 2 is 2.10 bits per heavy atom. The Balaban J connectivity index is 2.51. The fraction of sp³-hybridized carbons (Fsp3) is 0.867. The molecule has 1 N–H and O–H groups in total. The molecule has 2 atom stereocenters. The van der Waals surface area contributed by atoms with Crippen molar-refractivity contribution in [2.75, 3.05) is 25.1 Å². The van der Waals surface area contributed by atoms with Crippen LogP contribution < -0.4 is 5.32 Å². The van der Waals surface area contributed by atoms with Crippen molar-refractivity contribution < 1.29 is 14.3 Å². The molecule has 0 aromatic carbocycles. The molecule has 2 amide bonds. The van der Waals surface area contributed by atoms with E-state index in [1.165, 1.54) is 0 Å². The second kappa shape index (κ2) is 7.92. The van der Waals surface area contributed by atoms with Crippen LogP contribution >= 0.6 is 11.8 Å². The number of thioether (sulfide) groups is 1. The summed E-state index contributed by atoms with van der Waals surface area (Å²) >= 11 is 1.71. The first kappa shape index (κ1) is 18.1. The van der Waals surface area contributed by atoms with E-state index in [1.807, 2.05) is 34.0 Å². The van der Waals surface area contributed by atoms with Crippen molar-refractivity contribution in [3.63, 3.8) is 0 Å². The number of rotatable bonds is 4. The van der Waals surface area contributed by atoms with Gasteiger partial charge in [-0.25, -0.2) is 4.79 Å². The second-order valence-electron chi connectivity index (χ2n) is 6.63. The number of carbonyl (C=O) groups is 2. The molecule has 0 aliphatic carbocycles. The number of amides is 2. The molecule has 0 aromatic heterocycles. The monoisotopic (exact) mass is 316 g/mol. The van der Waals surface area contributed by atoms with Gasteiger partial charge in [-0.15, -0.1) is 0 Å². The molecule has 1 aliphatic heterocycles. The SMILES string of the molecule is CSCC(C)NC(=O)C1CCCN(C(=O)OC(C)(C)C)C1. The Morgan fingerprint density at radius 3 is 2.67 bits per heavy atom. The van der Waals surface area contributed by atoms with Crippen molar-refractivity contribution in [1.29, 1.82) is 0 Å². The molecule has 0 aromatic rings. The smallest absolute Gasteiger partial charge is 0.410 e. The summed E-state index contributed by atoms with van der Waals surface area (Å²) in [6.07, 6.45) is 3.37. The largest absolute Gasteiger partial charge is 0.444 e. The van der Waals surface area contributed by atoms with Crippen LogP contribution in [0.4, 0.5) is 4.79 Å². The van der Waals surface area contributed by atoms with Gasteiger partial charge in [-0.2, -0.15) is 11.8 Å². The molecule has 0 bridgehead atoms. The molecule has 2 unspecified atom stereocenters. The van der Waals surface area contributed by atoms with Crippen LogP contribution in [0.15, 0.2) is 0 Å². The summed E-state index contributed by atoms with van der Waals surface area (Å²) in [6.45, 7) is 8.67. The Kier molecular flexibility index (Phi) is 6.84. The third kappa shape index (κ3) is 6.59. The van der Waals surface area contributed by atoms with Gasteiger partial charge in [-0.1, -0.05) is 0 Å². The maximum absolute atomic E-state index is 12.2. The third-order valence-corrected chi connectivity index (χ3v) is 4.08. The summed E-state index contributed by atoms with van der Waals surface area (Å²) in [6, 6.07) is 0.157. The highest BCUT2D eigenvalue weighted by Crippen LogP contribution is 2.19. The lowest BCUT2D eigenvalue weighted by atomic mass is 9.97. The van der Waals surface area contributed by atoms with Crippen molar-refractivity contribution in [2.24, 2.45) is 5.92 Å². The normalized spacial score (nSPS) is 20.8. The Hall–Kier alpha value is -0.910. The van der Waals surface area contributed by atoms with Gasteiger partial charge in [0.05, 0.1) is 5.92 Å². The minimum absolute atomic E-state index is 0.0461. The lowest BCUT2D eigenvalue weighted by molar-refractivity contribution is -0.127. The first-order chi connectivity index (χ1) is 9.73. The average Bonchev–Trinajstić information content (AvgIpc) is 2.37. The van der Waals surface area contributed by atoms with Crippen LogP contribution in [-0.4, -0.2) is 53.6 Å². The van der Waals surface area contributed by atoms with Crippen LogP contribution in [0.1, 0.15) is 40.5 Å². The topological polar surface area (TPSA) is 58.6 Å². The van der Waals surface area contributed by atoms with E-state index in [1.54, 1.807) is 16.7 Å². The Morgan fingerprint density at radius 1 is 1.43 bits per heavy atom. The zero-order valence-corrected chi connectivity index (χ0v) is 14.6. The number of carbonyl (C=O) groups excluding carboxylic acids is 2. The molecule has 1 rings (SSSR count). The number of hydrogen-bond donors (Lipinski definition) is 1. The maximum Gasteiger partial charge on any atom is 0.410 e. The summed E-state index contributed by atoms with van der Waals surface area (Å²) in [5.41, 5.74) is -0.501. The molecular formula is C15H28N2O3S. The zero-order chi connectivity index (χ0) is 16.0. The van der Waals surface area contributed by atoms with Crippen LogP contribution in [0.25, 0.3) is 0 Å². The van der Waals surface area contributed by atoms with E-state index in [2.05, 4.69) is 5.32 Å². The molecule has 1 saturated heterocycles. The van der Waals surface area contributed by atoms with Crippen molar-refractivity contribution in [1.82, 2.24) is 10.2 Å². The predicted octanol–water partition coefficient (Wildman–Crippen LogP) is 2.50. The molecule has 0 saturated carbocycles. The van der Waals surface area contributed by atoms with Gasteiger partial charge in [-0.05, 0) is 46.8 Å². The fourth-order valence-electron chi connectivity index (χ4n) is 2.34. The highest BCUT2D eigenvalue weighted by Gasteiger charge is 2.31. The van der Waals surface area contributed by atoms with Crippen molar-refractivity contribution >= 4 is 23.8 Å². The van der Waals surface area contributed by atoms with Crippen LogP contribution in [0.2, 0.25) is 0 Å². The van der Waals surface area contributed by atoms with E-state index in [-0.39, 0.29) is 24.0 Å². The zero-order valence-electron chi connectivity index (χ0n) is 13.8. The third-order valence-electron chi connectivity index (χ3n) is 3.25. The minimum Gasteiger partial charge on any atom is -0.444 e. The van der Waals surface area contributed by atoms with Crippen molar-refractivity contribution in [3.8, 4) is 0 Å². The summed E-state index contributed by atoms with van der Waals surface area (Å²) in [5, 5.41) is 3.02. The number of ether oxygens (including phenoxy) is 1. The molecule has 5 nitrogen and oxygen atoms in total. The summed E-state index contributed by atoms with van der Waals surface area (Å²) < 4.78 is 5.38. The fourth-order valence-corrected chi connectivity index (χ4v) is 2.92. The number of piperidine rings is 1. The predicted molar refractivity (Wildman–Crippen MR) is 86.5 cm³/mol.